The molecule has 0 fully saturated rings. The van der Waals surface area contributed by atoms with Crippen molar-refractivity contribution in [3.05, 3.63) is 77.9 Å². The quantitative estimate of drug-likeness (QED) is 0.233. The summed E-state index contributed by atoms with van der Waals surface area (Å²) in [6, 6.07) is 21.7. The highest BCUT2D eigenvalue weighted by Crippen LogP contribution is 2.44. The van der Waals surface area contributed by atoms with Gasteiger partial charge in [-0.2, -0.15) is 4.58 Å². The van der Waals surface area contributed by atoms with Crippen molar-refractivity contribution in [3.8, 4) is 5.75 Å². The number of nitrogens with zero attached hydrogens (tertiary/aromatic N) is 1. The molecule has 0 bridgehead atoms. The van der Waals surface area contributed by atoms with Crippen molar-refractivity contribution in [3.63, 3.8) is 0 Å². The zero-order valence-electron chi connectivity index (χ0n) is 19.7. The number of hydrogen-bond acceptors (Lipinski definition) is 1. The molecule has 0 N–H and O–H groups in total. The molecule has 0 spiro atoms. The van der Waals surface area contributed by atoms with Gasteiger partial charge in [0.05, 0.1) is 12.5 Å². The lowest BCUT2D eigenvalue weighted by Gasteiger charge is -2.17. The van der Waals surface area contributed by atoms with Gasteiger partial charge in [-0.1, -0.05) is 56.2 Å². The Kier molecular flexibility index (Phi) is 8.16. The van der Waals surface area contributed by atoms with Crippen molar-refractivity contribution in [2.45, 2.75) is 51.9 Å². The normalized spacial score (nSPS) is 14.6. The Bertz CT molecular complexity index is 1130. The Morgan fingerprint density at radius 2 is 1.62 bits per heavy atom. The third kappa shape index (κ3) is 4.78. The number of unbranched alkanes of at least 4 members (excludes halogenated alkanes) is 3. The topological polar surface area (TPSA) is 12.2 Å². The summed E-state index contributed by atoms with van der Waals surface area (Å²) >= 11 is 0. The molecular weight excluding hydrogens is 505 g/mol. The summed E-state index contributed by atoms with van der Waals surface area (Å²) in [7, 11) is 1.71. The van der Waals surface area contributed by atoms with Crippen molar-refractivity contribution in [2.24, 2.45) is 0 Å². The summed E-state index contributed by atoms with van der Waals surface area (Å²) in [5.74, 6) is 0.891. The minimum Gasteiger partial charge on any atom is -1.00 e. The maximum absolute atomic E-state index is 5.31. The van der Waals surface area contributed by atoms with Crippen molar-refractivity contribution in [1.29, 1.82) is 0 Å². The third-order valence-electron chi connectivity index (χ3n) is 6.54. The van der Waals surface area contributed by atoms with E-state index in [0.29, 0.717) is 0 Å². The molecule has 0 saturated carbocycles. The van der Waals surface area contributed by atoms with Gasteiger partial charge in [-0.05, 0) is 60.9 Å². The van der Waals surface area contributed by atoms with Crippen LogP contribution in [0.1, 0.15) is 57.6 Å². The molecule has 1 aliphatic rings. The van der Waals surface area contributed by atoms with Gasteiger partial charge in [0, 0.05) is 24.1 Å². The van der Waals surface area contributed by atoms with E-state index >= 15 is 0 Å². The highest BCUT2D eigenvalue weighted by atomic mass is 127. The molecule has 2 nitrogen and oxygen atoms in total. The summed E-state index contributed by atoms with van der Waals surface area (Å²) in [4.78, 5) is 0. The second-order valence-electron chi connectivity index (χ2n) is 9.01. The van der Waals surface area contributed by atoms with E-state index in [9.17, 15) is 0 Å². The Morgan fingerprint density at radius 1 is 0.875 bits per heavy atom. The Morgan fingerprint density at radius 3 is 2.34 bits per heavy atom. The van der Waals surface area contributed by atoms with Crippen LogP contribution >= 0.6 is 0 Å². The lowest BCUT2D eigenvalue weighted by Crippen LogP contribution is -3.00. The molecule has 3 aromatic rings. The lowest BCUT2D eigenvalue weighted by atomic mass is 9.79. The largest absolute Gasteiger partial charge is 1.00 e. The maximum Gasteiger partial charge on any atom is 0.210 e. The van der Waals surface area contributed by atoms with E-state index in [1.807, 2.05) is 12.1 Å². The van der Waals surface area contributed by atoms with Crippen LogP contribution in [0.15, 0.2) is 66.7 Å². The second-order valence-corrected chi connectivity index (χ2v) is 9.01. The van der Waals surface area contributed by atoms with Crippen LogP contribution in [0.2, 0.25) is 0 Å². The molecule has 168 valence electrons. The fourth-order valence-corrected chi connectivity index (χ4v) is 4.86. The van der Waals surface area contributed by atoms with Crippen molar-refractivity contribution < 1.29 is 33.3 Å². The van der Waals surface area contributed by atoms with Crippen LogP contribution in [0.25, 0.3) is 16.8 Å². The molecule has 4 rings (SSSR count). The highest BCUT2D eigenvalue weighted by Gasteiger charge is 2.45. The van der Waals surface area contributed by atoms with E-state index in [0.717, 1.165) is 12.3 Å². The first-order valence-electron chi connectivity index (χ1n) is 11.6. The molecule has 0 saturated heterocycles. The van der Waals surface area contributed by atoms with E-state index in [4.69, 9.17) is 4.74 Å². The second kappa shape index (κ2) is 10.7. The van der Waals surface area contributed by atoms with Crippen molar-refractivity contribution in [2.75, 3.05) is 13.7 Å². The molecule has 0 atom stereocenters. The number of halogens is 1. The molecule has 3 heteroatoms. The fourth-order valence-electron chi connectivity index (χ4n) is 4.86. The number of benzene rings is 3. The first-order chi connectivity index (χ1) is 15.1. The number of ether oxygens (including phenoxy) is 1. The molecule has 32 heavy (non-hydrogen) atoms. The Labute approximate surface area is 210 Å². The first kappa shape index (κ1) is 24.5. The van der Waals surface area contributed by atoms with Crippen molar-refractivity contribution in [1.82, 2.24) is 0 Å². The summed E-state index contributed by atoms with van der Waals surface area (Å²) in [5, 5.41) is 2.69. The van der Waals surface area contributed by atoms with Gasteiger partial charge < -0.3 is 28.7 Å². The van der Waals surface area contributed by atoms with Gasteiger partial charge in [0.25, 0.3) is 0 Å². The van der Waals surface area contributed by atoms with Crippen LogP contribution in [0.5, 0.6) is 5.75 Å². The predicted molar refractivity (Wildman–Crippen MR) is 133 cm³/mol. The maximum atomic E-state index is 5.31. The standard InChI is InChI=1S/C29H34NO.HI/c1-5-6-7-10-21-30-26-19-16-23-11-8-9-12-25(23)28(26)29(2,3)27(30)20-15-22-13-17-24(31-4)18-14-22;/h8-9,11-20H,5-7,10,21H2,1-4H3;1H/q+1;/p-1. The fraction of sp³-hybridized carbons (Fsp3) is 0.345. The van der Waals surface area contributed by atoms with Gasteiger partial charge in [-0.3, -0.25) is 0 Å². The zero-order valence-corrected chi connectivity index (χ0v) is 21.9. The molecule has 1 aliphatic heterocycles. The van der Waals surface area contributed by atoms with Gasteiger partial charge in [0.1, 0.15) is 12.3 Å². The predicted octanol–water partition coefficient (Wildman–Crippen LogP) is 4.52. The number of allylic oxidation sites excluding steroid dienone is 1. The Hall–Kier alpha value is -2.14. The number of rotatable bonds is 8. The minimum atomic E-state index is -0.0517. The van der Waals surface area contributed by atoms with Crippen LogP contribution in [-0.4, -0.2) is 23.9 Å². The monoisotopic (exact) mass is 539 g/mol. The van der Waals surface area contributed by atoms with Gasteiger partial charge >= 0.3 is 0 Å². The Balaban J connectivity index is 0.00000289. The van der Waals surface area contributed by atoms with E-state index in [-0.39, 0.29) is 29.4 Å². The average molecular weight is 540 g/mol. The van der Waals surface area contributed by atoms with Crippen molar-refractivity contribution >= 4 is 28.2 Å². The summed E-state index contributed by atoms with van der Waals surface area (Å²) < 4.78 is 7.87. The number of fused-ring (bicyclic) bond motifs is 3. The summed E-state index contributed by atoms with van der Waals surface area (Å²) in [6.07, 6.45) is 9.64. The molecule has 1 heterocycles. The average Bonchev–Trinajstić information content (AvgIpc) is 3.01. The molecule has 0 radical (unpaired) electrons. The van der Waals surface area contributed by atoms with E-state index in [1.165, 1.54) is 59.0 Å². The third-order valence-corrected chi connectivity index (χ3v) is 6.54. The van der Waals surface area contributed by atoms with Crippen LogP contribution in [0, 0.1) is 0 Å². The lowest BCUT2D eigenvalue weighted by molar-refractivity contribution is -0.438. The van der Waals surface area contributed by atoms with Gasteiger partial charge in [-0.25, -0.2) is 0 Å². The van der Waals surface area contributed by atoms with Crippen LogP contribution in [0.4, 0.5) is 5.69 Å². The van der Waals surface area contributed by atoms with Gasteiger partial charge in [0.2, 0.25) is 5.69 Å². The SMILES string of the molecule is CCCCCC[N+]1=C(C=Cc2ccc(OC)cc2)C(C)(C)c2c1ccc1ccccc21.[I-]. The van der Waals surface area contributed by atoms with Gasteiger partial charge in [-0.15, -0.1) is 0 Å². The van der Waals surface area contributed by atoms with E-state index in [1.54, 1.807) is 7.11 Å². The molecule has 0 amide bonds. The number of hydrogen-bond donors (Lipinski definition) is 0. The summed E-state index contributed by atoms with van der Waals surface area (Å²) in [5.41, 5.74) is 5.34. The summed E-state index contributed by atoms with van der Waals surface area (Å²) in [6.45, 7) is 8.09. The van der Waals surface area contributed by atoms with E-state index in [2.05, 4.69) is 86.0 Å². The smallest absolute Gasteiger partial charge is 0.210 e. The molecule has 0 aliphatic carbocycles. The highest BCUT2D eigenvalue weighted by molar-refractivity contribution is 6.09. The zero-order chi connectivity index (χ0) is 21.8. The van der Waals surface area contributed by atoms with E-state index < -0.39 is 0 Å². The molecule has 0 aromatic heterocycles. The van der Waals surface area contributed by atoms with Crippen LogP contribution in [-0.2, 0) is 5.41 Å². The molecule has 0 unspecified atom stereocenters. The van der Waals surface area contributed by atoms with Gasteiger partial charge in [0.15, 0.2) is 5.71 Å². The molecule has 3 aromatic carbocycles. The van der Waals surface area contributed by atoms with Crippen LogP contribution in [0.3, 0.4) is 0 Å². The minimum absolute atomic E-state index is 0. The number of methoxy groups -OCH3 is 1. The van der Waals surface area contributed by atoms with Crippen LogP contribution < -0.4 is 28.7 Å². The molecular formula is C29H34INO. The first-order valence-corrected chi connectivity index (χ1v) is 11.6.